The Hall–Kier alpha value is -1.63. The van der Waals surface area contributed by atoms with Crippen LogP contribution < -0.4 is 5.32 Å². The van der Waals surface area contributed by atoms with Gasteiger partial charge in [-0.15, -0.1) is 0 Å². The smallest absolute Gasteiger partial charge is 0.333 e. The molecule has 0 saturated carbocycles. The first-order valence-corrected chi connectivity index (χ1v) is 5.94. The van der Waals surface area contributed by atoms with E-state index in [1.807, 2.05) is 0 Å². The van der Waals surface area contributed by atoms with E-state index in [2.05, 4.69) is 10.3 Å². The van der Waals surface area contributed by atoms with Crippen molar-refractivity contribution < 1.29 is 18.0 Å². The molecule has 1 saturated heterocycles. The lowest BCUT2D eigenvalue weighted by Gasteiger charge is -2.36. The summed E-state index contributed by atoms with van der Waals surface area (Å²) in [6, 6.07) is 3.08. The molecule has 0 bridgehead atoms. The Morgan fingerprint density at radius 2 is 2.32 bits per heavy atom. The molecule has 1 amide bonds. The minimum absolute atomic E-state index is 0.272. The summed E-state index contributed by atoms with van der Waals surface area (Å²) < 4.78 is 36.9. The highest BCUT2D eigenvalue weighted by atomic mass is 19.4. The lowest BCUT2D eigenvalue weighted by atomic mass is 10.0. The quantitative estimate of drug-likeness (QED) is 0.888. The standard InChI is InChI=1S/C12H14F3N3O/c13-12(14,15)6-11(19)18-5-4-17-8-10(18)9-2-1-3-16-7-9/h1-3,7,10,17H,4-6,8H2. The van der Waals surface area contributed by atoms with Gasteiger partial charge in [0.15, 0.2) is 0 Å². The maximum atomic E-state index is 12.3. The molecule has 104 valence electrons. The first-order valence-electron chi connectivity index (χ1n) is 5.94. The zero-order valence-corrected chi connectivity index (χ0v) is 10.2. The van der Waals surface area contributed by atoms with Crippen LogP contribution in [-0.4, -0.2) is 41.6 Å². The highest BCUT2D eigenvalue weighted by Gasteiger charge is 2.36. The molecule has 1 atom stereocenters. The minimum atomic E-state index is -4.47. The van der Waals surface area contributed by atoms with Gasteiger partial charge in [-0.05, 0) is 11.6 Å². The van der Waals surface area contributed by atoms with Gasteiger partial charge >= 0.3 is 6.18 Å². The van der Waals surface area contributed by atoms with Crippen LogP contribution in [0.5, 0.6) is 0 Å². The molecule has 2 rings (SSSR count). The number of hydrogen-bond donors (Lipinski definition) is 1. The second-order valence-corrected chi connectivity index (χ2v) is 4.39. The molecule has 1 unspecified atom stereocenters. The first kappa shape index (κ1) is 13.8. The molecule has 7 heteroatoms. The molecule has 1 N–H and O–H groups in total. The number of carbonyl (C=O) groups is 1. The second kappa shape index (κ2) is 5.56. The van der Waals surface area contributed by atoms with Crippen molar-refractivity contribution in [2.45, 2.75) is 18.6 Å². The van der Waals surface area contributed by atoms with Crippen molar-refractivity contribution in [3.63, 3.8) is 0 Å². The van der Waals surface area contributed by atoms with Crippen molar-refractivity contribution in [3.8, 4) is 0 Å². The number of halogens is 3. The van der Waals surface area contributed by atoms with Gasteiger partial charge in [-0.1, -0.05) is 6.07 Å². The topological polar surface area (TPSA) is 45.2 Å². The number of piperazine rings is 1. The van der Waals surface area contributed by atoms with Gasteiger partial charge in [-0.2, -0.15) is 13.2 Å². The summed E-state index contributed by atoms with van der Waals surface area (Å²) in [6.45, 7) is 1.21. The average molecular weight is 273 g/mol. The maximum absolute atomic E-state index is 12.3. The summed E-state index contributed by atoms with van der Waals surface area (Å²) in [4.78, 5) is 17.0. The van der Waals surface area contributed by atoms with Crippen molar-refractivity contribution in [2.75, 3.05) is 19.6 Å². The van der Waals surface area contributed by atoms with E-state index >= 15 is 0 Å². The van der Waals surface area contributed by atoms with Crippen LogP contribution in [0, 0.1) is 0 Å². The average Bonchev–Trinajstić information content (AvgIpc) is 2.38. The first-order chi connectivity index (χ1) is 8.97. The molecule has 1 aliphatic rings. The number of pyridine rings is 1. The highest BCUT2D eigenvalue weighted by Crippen LogP contribution is 2.26. The molecule has 0 spiro atoms. The van der Waals surface area contributed by atoms with Gasteiger partial charge < -0.3 is 10.2 Å². The van der Waals surface area contributed by atoms with E-state index in [0.29, 0.717) is 13.1 Å². The van der Waals surface area contributed by atoms with E-state index in [0.717, 1.165) is 5.56 Å². The predicted octanol–water partition coefficient (Wildman–Crippen LogP) is 1.51. The third-order valence-electron chi connectivity index (χ3n) is 2.98. The lowest BCUT2D eigenvalue weighted by molar-refractivity contribution is -0.163. The van der Waals surface area contributed by atoms with E-state index in [4.69, 9.17) is 0 Å². The zero-order chi connectivity index (χ0) is 13.9. The van der Waals surface area contributed by atoms with Crippen LogP contribution in [-0.2, 0) is 4.79 Å². The summed E-state index contributed by atoms with van der Waals surface area (Å²) in [5.41, 5.74) is 0.741. The number of carbonyl (C=O) groups excluding carboxylic acids is 1. The van der Waals surface area contributed by atoms with E-state index < -0.39 is 24.5 Å². The van der Waals surface area contributed by atoms with Crippen LogP contribution in [0.25, 0.3) is 0 Å². The van der Waals surface area contributed by atoms with Gasteiger partial charge in [0.25, 0.3) is 0 Å². The van der Waals surface area contributed by atoms with E-state index in [1.54, 1.807) is 24.5 Å². The second-order valence-electron chi connectivity index (χ2n) is 4.39. The molecule has 1 aromatic heterocycles. The highest BCUT2D eigenvalue weighted by molar-refractivity contribution is 5.77. The molecular weight excluding hydrogens is 259 g/mol. The number of aromatic nitrogens is 1. The van der Waals surface area contributed by atoms with Gasteiger partial charge in [0.2, 0.25) is 5.91 Å². The number of amides is 1. The number of hydrogen-bond acceptors (Lipinski definition) is 3. The van der Waals surface area contributed by atoms with Gasteiger partial charge in [-0.25, -0.2) is 0 Å². The monoisotopic (exact) mass is 273 g/mol. The molecule has 1 fully saturated rings. The molecule has 1 aliphatic heterocycles. The van der Waals surface area contributed by atoms with Crippen LogP contribution >= 0.6 is 0 Å². The Morgan fingerprint density at radius 1 is 1.53 bits per heavy atom. The third-order valence-corrected chi connectivity index (χ3v) is 2.98. The Morgan fingerprint density at radius 3 is 2.95 bits per heavy atom. The van der Waals surface area contributed by atoms with Crippen molar-refractivity contribution in [3.05, 3.63) is 30.1 Å². The number of rotatable bonds is 2. The zero-order valence-electron chi connectivity index (χ0n) is 10.2. The summed E-state index contributed by atoms with van der Waals surface area (Å²) in [5, 5.41) is 3.08. The van der Waals surface area contributed by atoms with Gasteiger partial charge in [0.05, 0.1) is 6.04 Å². The van der Waals surface area contributed by atoms with Crippen LogP contribution in [0.4, 0.5) is 13.2 Å². The molecule has 4 nitrogen and oxygen atoms in total. The van der Waals surface area contributed by atoms with Crippen molar-refractivity contribution in [1.29, 1.82) is 0 Å². The van der Waals surface area contributed by atoms with Crippen LogP contribution in [0.1, 0.15) is 18.0 Å². The van der Waals surface area contributed by atoms with Crippen molar-refractivity contribution in [2.24, 2.45) is 0 Å². The van der Waals surface area contributed by atoms with E-state index in [-0.39, 0.29) is 6.54 Å². The maximum Gasteiger partial charge on any atom is 0.397 e. The van der Waals surface area contributed by atoms with Crippen LogP contribution in [0.2, 0.25) is 0 Å². The van der Waals surface area contributed by atoms with Crippen molar-refractivity contribution in [1.82, 2.24) is 15.2 Å². The summed E-state index contributed by atoms with van der Waals surface area (Å²) >= 11 is 0. The Bertz CT molecular complexity index is 436. The fourth-order valence-corrected chi connectivity index (χ4v) is 2.15. The fraction of sp³-hybridized carbons (Fsp3) is 0.500. The van der Waals surface area contributed by atoms with Gasteiger partial charge in [0.1, 0.15) is 6.42 Å². The van der Waals surface area contributed by atoms with E-state index in [9.17, 15) is 18.0 Å². The molecule has 0 radical (unpaired) electrons. The molecular formula is C12H14F3N3O. The third kappa shape index (κ3) is 3.66. The van der Waals surface area contributed by atoms with Gasteiger partial charge in [0, 0.05) is 32.0 Å². The molecule has 0 aliphatic carbocycles. The summed E-state index contributed by atoms with van der Waals surface area (Å²) in [5.74, 6) is -0.886. The summed E-state index contributed by atoms with van der Waals surface area (Å²) in [7, 11) is 0. The Labute approximate surface area is 108 Å². The fourth-order valence-electron chi connectivity index (χ4n) is 2.15. The predicted molar refractivity (Wildman–Crippen MR) is 62.2 cm³/mol. The summed E-state index contributed by atoms with van der Waals surface area (Å²) in [6.07, 6.45) is -2.72. The lowest BCUT2D eigenvalue weighted by Crippen LogP contribution is -2.49. The number of alkyl halides is 3. The SMILES string of the molecule is O=C(CC(F)(F)F)N1CCNCC1c1cccnc1. The minimum Gasteiger partial charge on any atom is -0.333 e. The van der Waals surface area contributed by atoms with Crippen molar-refractivity contribution >= 4 is 5.91 Å². The number of nitrogens with one attached hydrogen (secondary N) is 1. The Kier molecular flexibility index (Phi) is 4.04. The largest absolute Gasteiger partial charge is 0.397 e. The number of nitrogens with zero attached hydrogens (tertiary/aromatic N) is 2. The molecule has 0 aromatic carbocycles. The van der Waals surface area contributed by atoms with E-state index in [1.165, 1.54) is 4.90 Å². The van der Waals surface area contributed by atoms with Gasteiger partial charge in [-0.3, -0.25) is 9.78 Å². The molecule has 2 heterocycles. The Balaban J connectivity index is 2.15. The molecule has 19 heavy (non-hydrogen) atoms. The van der Waals surface area contributed by atoms with Crippen LogP contribution in [0.3, 0.4) is 0 Å². The van der Waals surface area contributed by atoms with Crippen LogP contribution in [0.15, 0.2) is 24.5 Å². The normalized spacial score (nSPS) is 20.4. The molecule has 1 aromatic rings.